The molecule has 1 amide bonds. The molecule has 0 saturated carbocycles. The van der Waals surface area contributed by atoms with Crippen LogP contribution in [0.2, 0.25) is 0 Å². The minimum atomic E-state index is -0.895. The van der Waals surface area contributed by atoms with Crippen molar-refractivity contribution in [1.29, 1.82) is 0 Å². The van der Waals surface area contributed by atoms with Crippen LogP contribution in [0.25, 0.3) is 5.76 Å². The first-order valence-corrected chi connectivity index (χ1v) is 13.6. The number of aliphatic hydroxyl groups excluding tert-OH is 1. The number of hydrogen-bond acceptors (Lipinski definition) is 8. The zero-order valence-corrected chi connectivity index (χ0v) is 23.3. The number of nitrogens with zero attached hydrogens (tertiary/aromatic N) is 2. The molecule has 1 N–H and O–H groups in total. The van der Waals surface area contributed by atoms with Crippen LogP contribution in [0.3, 0.4) is 0 Å². The molecule has 0 spiro atoms. The Kier molecular flexibility index (Phi) is 10.0. The van der Waals surface area contributed by atoms with Crippen molar-refractivity contribution in [2.75, 3.05) is 60.2 Å². The SMILES string of the molecule is CCCCOc1ccc(C2/C(=C(\O)c3ccc(OC)c(F)c3)C(=O)C(=O)N2CCCN2CCOCC2)cc1OC. The van der Waals surface area contributed by atoms with Crippen molar-refractivity contribution in [2.45, 2.75) is 32.2 Å². The number of carbonyl (C=O) groups excluding carboxylic acids is 2. The van der Waals surface area contributed by atoms with Gasteiger partial charge in [0, 0.05) is 31.7 Å². The van der Waals surface area contributed by atoms with E-state index in [4.69, 9.17) is 18.9 Å². The summed E-state index contributed by atoms with van der Waals surface area (Å²) in [5.74, 6) is -1.71. The second-order valence-corrected chi connectivity index (χ2v) is 9.76. The fourth-order valence-corrected chi connectivity index (χ4v) is 5.02. The minimum Gasteiger partial charge on any atom is -0.507 e. The van der Waals surface area contributed by atoms with Crippen LogP contribution in [0.4, 0.5) is 4.39 Å². The van der Waals surface area contributed by atoms with E-state index in [1.165, 1.54) is 31.3 Å². The monoisotopic (exact) mass is 556 g/mol. The van der Waals surface area contributed by atoms with E-state index in [-0.39, 0.29) is 23.4 Å². The third-order valence-corrected chi connectivity index (χ3v) is 7.20. The number of rotatable bonds is 12. The molecule has 2 aromatic carbocycles. The molecule has 9 nitrogen and oxygen atoms in total. The van der Waals surface area contributed by atoms with E-state index < -0.39 is 29.3 Å². The molecule has 2 aliphatic rings. The lowest BCUT2D eigenvalue weighted by Gasteiger charge is -2.29. The maximum atomic E-state index is 14.5. The molecule has 10 heteroatoms. The van der Waals surface area contributed by atoms with Crippen LogP contribution in [-0.2, 0) is 14.3 Å². The summed E-state index contributed by atoms with van der Waals surface area (Å²) >= 11 is 0. The Labute approximate surface area is 234 Å². The van der Waals surface area contributed by atoms with E-state index in [9.17, 15) is 19.1 Å². The van der Waals surface area contributed by atoms with Crippen molar-refractivity contribution < 1.29 is 38.0 Å². The zero-order valence-electron chi connectivity index (χ0n) is 23.3. The minimum absolute atomic E-state index is 0.0000576. The first-order chi connectivity index (χ1) is 19.4. The van der Waals surface area contributed by atoms with Crippen LogP contribution in [0.15, 0.2) is 42.0 Å². The van der Waals surface area contributed by atoms with Crippen LogP contribution in [0, 0.1) is 5.82 Å². The number of ketones is 1. The Balaban J connectivity index is 1.72. The normalized spacial score (nSPS) is 19.2. The largest absolute Gasteiger partial charge is 0.507 e. The van der Waals surface area contributed by atoms with Gasteiger partial charge in [-0.3, -0.25) is 14.5 Å². The molecule has 2 saturated heterocycles. The summed E-state index contributed by atoms with van der Waals surface area (Å²) in [7, 11) is 2.86. The number of hydrogen-bond donors (Lipinski definition) is 1. The molecule has 4 rings (SSSR count). The fourth-order valence-electron chi connectivity index (χ4n) is 5.02. The van der Waals surface area contributed by atoms with E-state index in [1.807, 2.05) is 0 Å². The molecule has 0 bridgehead atoms. The van der Waals surface area contributed by atoms with Gasteiger partial charge in [-0.2, -0.15) is 0 Å². The van der Waals surface area contributed by atoms with Crippen molar-refractivity contribution in [2.24, 2.45) is 0 Å². The molecule has 40 heavy (non-hydrogen) atoms. The Morgan fingerprint density at radius 3 is 2.40 bits per heavy atom. The van der Waals surface area contributed by atoms with Crippen LogP contribution in [-0.4, -0.2) is 86.8 Å². The van der Waals surface area contributed by atoms with Crippen LogP contribution >= 0.6 is 0 Å². The number of halogens is 1. The highest BCUT2D eigenvalue weighted by atomic mass is 19.1. The summed E-state index contributed by atoms with van der Waals surface area (Å²) in [5.41, 5.74) is 0.532. The highest BCUT2D eigenvalue weighted by Crippen LogP contribution is 2.42. The van der Waals surface area contributed by atoms with Gasteiger partial charge in [-0.1, -0.05) is 19.4 Å². The molecule has 2 aliphatic heterocycles. The standard InChI is InChI=1S/C30H37FN2O7/c1-4-5-15-40-24-10-7-20(19-25(24)38-3)27-26(28(34)21-8-9-23(37-2)22(31)18-21)29(35)30(36)33(27)12-6-11-32-13-16-39-17-14-32/h7-10,18-19,27,34H,4-6,11-17H2,1-3H3/b28-26+. The first kappa shape index (κ1) is 29.4. The van der Waals surface area contributed by atoms with Gasteiger partial charge >= 0.3 is 0 Å². The van der Waals surface area contributed by atoms with Crippen molar-refractivity contribution >= 4 is 17.4 Å². The summed E-state index contributed by atoms with van der Waals surface area (Å²) in [5, 5.41) is 11.3. The lowest BCUT2D eigenvalue weighted by Crippen LogP contribution is -2.39. The Morgan fingerprint density at radius 2 is 1.73 bits per heavy atom. The van der Waals surface area contributed by atoms with Crippen LogP contribution in [0.5, 0.6) is 17.2 Å². The second-order valence-electron chi connectivity index (χ2n) is 9.76. The average Bonchev–Trinajstić information content (AvgIpc) is 3.22. The van der Waals surface area contributed by atoms with Crippen LogP contribution in [0.1, 0.15) is 43.4 Å². The Bertz CT molecular complexity index is 1240. The van der Waals surface area contributed by atoms with Gasteiger partial charge in [0.05, 0.1) is 45.7 Å². The number of likely N-dealkylation sites (tertiary alicyclic amines) is 1. The fraction of sp³-hybridized carbons (Fsp3) is 0.467. The molecule has 0 aliphatic carbocycles. The molecule has 0 radical (unpaired) electrons. The molecule has 2 fully saturated rings. The predicted molar refractivity (Wildman–Crippen MR) is 147 cm³/mol. The van der Waals surface area contributed by atoms with E-state index in [2.05, 4.69) is 11.8 Å². The number of morpholine rings is 1. The highest BCUT2D eigenvalue weighted by molar-refractivity contribution is 6.46. The predicted octanol–water partition coefficient (Wildman–Crippen LogP) is 4.17. The number of amides is 1. The van der Waals surface area contributed by atoms with E-state index in [1.54, 1.807) is 18.2 Å². The summed E-state index contributed by atoms with van der Waals surface area (Å²) in [6.07, 6.45) is 2.48. The molecular formula is C30H37FN2O7. The molecule has 2 aromatic rings. The lowest BCUT2D eigenvalue weighted by molar-refractivity contribution is -0.140. The van der Waals surface area contributed by atoms with E-state index in [0.717, 1.165) is 38.5 Å². The van der Waals surface area contributed by atoms with Crippen molar-refractivity contribution in [3.05, 3.63) is 58.9 Å². The molecule has 2 heterocycles. The smallest absolute Gasteiger partial charge is 0.295 e. The molecular weight excluding hydrogens is 519 g/mol. The number of aliphatic hydroxyl groups is 1. The summed E-state index contributed by atoms with van der Waals surface area (Å²) in [6, 6.07) is 8.22. The molecule has 1 unspecified atom stereocenters. The van der Waals surface area contributed by atoms with Gasteiger partial charge in [-0.15, -0.1) is 0 Å². The highest BCUT2D eigenvalue weighted by Gasteiger charge is 2.46. The number of carbonyl (C=O) groups is 2. The van der Waals surface area contributed by atoms with Crippen molar-refractivity contribution in [3.8, 4) is 17.2 Å². The quantitative estimate of drug-likeness (QED) is 0.180. The van der Waals surface area contributed by atoms with Gasteiger partial charge in [0.1, 0.15) is 5.76 Å². The maximum Gasteiger partial charge on any atom is 0.295 e. The van der Waals surface area contributed by atoms with Gasteiger partial charge in [-0.25, -0.2) is 4.39 Å². The molecule has 1 atom stereocenters. The lowest BCUT2D eigenvalue weighted by atomic mass is 9.94. The van der Waals surface area contributed by atoms with Gasteiger partial charge in [0.15, 0.2) is 23.1 Å². The number of benzene rings is 2. The van der Waals surface area contributed by atoms with Gasteiger partial charge < -0.3 is 29.0 Å². The summed E-state index contributed by atoms with van der Waals surface area (Å²) in [4.78, 5) is 30.4. The number of ether oxygens (including phenoxy) is 4. The topological polar surface area (TPSA) is 97.8 Å². The number of Topliss-reactive ketones (excluding diaryl/α,β-unsaturated/α-hetero) is 1. The van der Waals surface area contributed by atoms with E-state index in [0.29, 0.717) is 43.3 Å². The third-order valence-electron chi connectivity index (χ3n) is 7.20. The summed E-state index contributed by atoms with van der Waals surface area (Å²) in [6.45, 7) is 6.55. The van der Waals surface area contributed by atoms with E-state index >= 15 is 0 Å². The first-order valence-electron chi connectivity index (χ1n) is 13.6. The maximum absolute atomic E-state index is 14.5. The average molecular weight is 557 g/mol. The number of unbranched alkanes of at least 4 members (excludes halogenated alkanes) is 1. The van der Waals surface area contributed by atoms with Gasteiger partial charge in [-0.05, 0) is 48.7 Å². The van der Waals surface area contributed by atoms with Crippen LogP contribution < -0.4 is 14.2 Å². The third kappa shape index (κ3) is 6.39. The van der Waals surface area contributed by atoms with Crippen molar-refractivity contribution in [1.82, 2.24) is 9.80 Å². The van der Waals surface area contributed by atoms with Gasteiger partial charge in [0.2, 0.25) is 0 Å². The Hall–Kier alpha value is -3.63. The number of methoxy groups -OCH3 is 2. The second kappa shape index (κ2) is 13.6. The Morgan fingerprint density at radius 1 is 1.00 bits per heavy atom. The van der Waals surface area contributed by atoms with Gasteiger partial charge in [0.25, 0.3) is 11.7 Å². The molecule has 216 valence electrons. The summed E-state index contributed by atoms with van der Waals surface area (Å²) < 4.78 is 36.3. The molecule has 0 aromatic heterocycles. The van der Waals surface area contributed by atoms with Crippen molar-refractivity contribution in [3.63, 3.8) is 0 Å². The zero-order chi connectivity index (χ0) is 28.6.